The molecular formula is C15H20F2N2O. The molecule has 1 saturated heterocycles. The lowest BCUT2D eigenvalue weighted by molar-refractivity contribution is -0.133. The van der Waals surface area contributed by atoms with Crippen molar-refractivity contribution in [2.45, 2.75) is 45.3 Å². The Morgan fingerprint density at radius 3 is 2.60 bits per heavy atom. The summed E-state index contributed by atoms with van der Waals surface area (Å²) in [7, 11) is 0. The lowest BCUT2D eigenvalue weighted by atomic mass is 9.99. The van der Waals surface area contributed by atoms with E-state index in [0.717, 1.165) is 12.5 Å². The van der Waals surface area contributed by atoms with Crippen LogP contribution in [0.3, 0.4) is 0 Å². The Labute approximate surface area is 118 Å². The second-order valence-electron chi connectivity index (χ2n) is 5.40. The number of halogens is 2. The number of nitrogens with one attached hydrogen (secondary N) is 1. The molecule has 1 fully saturated rings. The molecule has 0 radical (unpaired) electrons. The van der Waals surface area contributed by atoms with Crippen LogP contribution < -0.4 is 5.32 Å². The average molecular weight is 282 g/mol. The highest BCUT2D eigenvalue weighted by atomic mass is 19.1. The molecule has 1 N–H and O–H groups in total. The van der Waals surface area contributed by atoms with Gasteiger partial charge in [-0.1, -0.05) is 13.8 Å². The molecule has 5 heteroatoms. The van der Waals surface area contributed by atoms with Crippen LogP contribution in [0.2, 0.25) is 0 Å². The van der Waals surface area contributed by atoms with Crippen LogP contribution in [0.4, 0.5) is 8.78 Å². The zero-order valence-corrected chi connectivity index (χ0v) is 12.0. The van der Waals surface area contributed by atoms with Crippen molar-refractivity contribution in [3.63, 3.8) is 0 Å². The van der Waals surface area contributed by atoms with Crippen LogP contribution in [0.25, 0.3) is 0 Å². The Morgan fingerprint density at radius 1 is 1.35 bits per heavy atom. The number of carbonyl (C=O) groups is 1. The molecule has 0 aromatic heterocycles. The van der Waals surface area contributed by atoms with Gasteiger partial charge in [-0.2, -0.15) is 0 Å². The van der Waals surface area contributed by atoms with Gasteiger partial charge in [0.25, 0.3) is 0 Å². The molecule has 2 rings (SSSR count). The van der Waals surface area contributed by atoms with E-state index >= 15 is 0 Å². The number of benzene rings is 1. The first-order valence-corrected chi connectivity index (χ1v) is 6.96. The Morgan fingerprint density at radius 2 is 2.05 bits per heavy atom. The van der Waals surface area contributed by atoms with Gasteiger partial charge in [0, 0.05) is 18.2 Å². The number of nitrogens with zero attached hydrogens (tertiary/aromatic N) is 1. The van der Waals surface area contributed by atoms with Crippen LogP contribution in [0.5, 0.6) is 0 Å². The van der Waals surface area contributed by atoms with Crippen molar-refractivity contribution in [3.05, 3.63) is 35.4 Å². The first-order chi connectivity index (χ1) is 9.42. The van der Waals surface area contributed by atoms with Gasteiger partial charge in [-0.25, -0.2) is 8.78 Å². The quantitative estimate of drug-likeness (QED) is 0.920. The predicted octanol–water partition coefficient (Wildman–Crippen LogP) is 2.97. The van der Waals surface area contributed by atoms with Gasteiger partial charge in [-0.3, -0.25) is 10.1 Å². The maximum Gasteiger partial charge on any atom is 0.244 e. The standard InChI is InChI=1S/C15H20F2N2O/c1-4-8-19-13(18-15(3,5-2)14(19)20)11-7-6-10(16)9-12(11)17/h6-7,9,13,18H,4-5,8H2,1-3H3. The third-order valence-electron chi connectivity index (χ3n) is 3.93. The van der Waals surface area contributed by atoms with Gasteiger partial charge in [0.05, 0.1) is 5.54 Å². The number of carbonyl (C=O) groups excluding carboxylic acids is 1. The fourth-order valence-corrected chi connectivity index (χ4v) is 2.57. The van der Waals surface area contributed by atoms with E-state index < -0.39 is 23.3 Å². The lowest BCUT2D eigenvalue weighted by Gasteiger charge is -2.24. The smallest absolute Gasteiger partial charge is 0.244 e. The zero-order valence-electron chi connectivity index (χ0n) is 12.0. The molecule has 0 spiro atoms. The molecule has 1 aromatic carbocycles. The minimum atomic E-state index is -0.694. The van der Waals surface area contributed by atoms with E-state index in [0.29, 0.717) is 18.5 Å². The third kappa shape index (κ3) is 2.42. The summed E-state index contributed by atoms with van der Waals surface area (Å²) >= 11 is 0. The van der Waals surface area contributed by atoms with Gasteiger partial charge in [-0.15, -0.1) is 0 Å². The molecule has 1 aromatic rings. The molecule has 1 aliphatic heterocycles. The summed E-state index contributed by atoms with van der Waals surface area (Å²) in [5, 5.41) is 3.19. The van der Waals surface area contributed by atoms with E-state index in [1.54, 1.807) is 4.90 Å². The second kappa shape index (κ2) is 5.48. The number of rotatable bonds is 4. The topological polar surface area (TPSA) is 32.3 Å². The fourth-order valence-electron chi connectivity index (χ4n) is 2.57. The van der Waals surface area contributed by atoms with Gasteiger partial charge >= 0.3 is 0 Å². The van der Waals surface area contributed by atoms with Crippen molar-refractivity contribution in [2.24, 2.45) is 0 Å². The largest absolute Gasteiger partial charge is 0.321 e. The molecule has 1 amide bonds. The normalized spacial score (nSPS) is 26.4. The lowest BCUT2D eigenvalue weighted by Crippen LogP contribution is -2.43. The van der Waals surface area contributed by atoms with E-state index in [2.05, 4.69) is 5.32 Å². The van der Waals surface area contributed by atoms with E-state index in [1.807, 2.05) is 20.8 Å². The number of amides is 1. The van der Waals surface area contributed by atoms with E-state index in [-0.39, 0.29) is 5.91 Å². The van der Waals surface area contributed by atoms with Crippen LogP contribution in [0.15, 0.2) is 18.2 Å². The Bertz CT molecular complexity index is 521. The van der Waals surface area contributed by atoms with Gasteiger partial charge in [0.1, 0.15) is 17.8 Å². The van der Waals surface area contributed by atoms with E-state index in [9.17, 15) is 13.6 Å². The maximum absolute atomic E-state index is 14.0. The average Bonchev–Trinajstić information content (AvgIpc) is 2.65. The van der Waals surface area contributed by atoms with Crippen LogP contribution in [-0.2, 0) is 4.79 Å². The summed E-state index contributed by atoms with van der Waals surface area (Å²) in [6, 6.07) is 3.48. The molecule has 0 aliphatic carbocycles. The first kappa shape index (κ1) is 14.9. The fraction of sp³-hybridized carbons (Fsp3) is 0.533. The Kier molecular flexibility index (Phi) is 4.09. The van der Waals surface area contributed by atoms with Gasteiger partial charge < -0.3 is 4.90 Å². The summed E-state index contributed by atoms with van der Waals surface area (Å²) in [6.07, 6.45) is 0.866. The number of hydrogen-bond acceptors (Lipinski definition) is 2. The summed E-state index contributed by atoms with van der Waals surface area (Å²) in [6.45, 7) is 6.24. The molecule has 110 valence electrons. The molecule has 20 heavy (non-hydrogen) atoms. The molecule has 1 heterocycles. The Balaban J connectivity index is 2.40. The minimum absolute atomic E-state index is 0.0319. The zero-order chi connectivity index (χ0) is 14.9. The van der Waals surface area contributed by atoms with Crippen molar-refractivity contribution < 1.29 is 13.6 Å². The first-order valence-electron chi connectivity index (χ1n) is 6.96. The molecule has 0 saturated carbocycles. The van der Waals surface area contributed by atoms with Crippen molar-refractivity contribution in [1.82, 2.24) is 10.2 Å². The second-order valence-corrected chi connectivity index (χ2v) is 5.40. The summed E-state index contributed by atoms with van der Waals surface area (Å²) in [5.41, 5.74) is -0.383. The van der Waals surface area contributed by atoms with Crippen LogP contribution >= 0.6 is 0 Å². The van der Waals surface area contributed by atoms with Crippen molar-refractivity contribution in [2.75, 3.05) is 6.54 Å². The minimum Gasteiger partial charge on any atom is -0.321 e. The molecule has 1 aliphatic rings. The molecule has 3 nitrogen and oxygen atoms in total. The highest BCUT2D eigenvalue weighted by Crippen LogP contribution is 2.33. The Hall–Kier alpha value is -1.49. The van der Waals surface area contributed by atoms with E-state index in [1.165, 1.54) is 12.1 Å². The molecule has 2 atom stereocenters. The highest BCUT2D eigenvalue weighted by Gasteiger charge is 2.47. The molecule has 0 bridgehead atoms. The summed E-state index contributed by atoms with van der Waals surface area (Å²) in [4.78, 5) is 14.1. The van der Waals surface area contributed by atoms with Gasteiger partial charge in [0.15, 0.2) is 0 Å². The molecular weight excluding hydrogens is 262 g/mol. The van der Waals surface area contributed by atoms with Crippen molar-refractivity contribution in [3.8, 4) is 0 Å². The number of hydrogen-bond donors (Lipinski definition) is 1. The van der Waals surface area contributed by atoms with E-state index in [4.69, 9.17) is 0 Å². The van der Waals surface area contributed by atoms with Crippen molar-refractivity contribution in [1.29, 1.82) is 0 Å². The highest BCUT2D eigenvalue weighted by molar-refractivity contribution is 5.88. The van der Waals surface area contributed by atoms with Crippen LogP contribution in [0.1, 0.15) is 45.3 Å². The van der Waals surface area contributed by atoms with Gasteiger partial charge in [-0.05, 0) is 31.9 Å². The van der Waals surface area contributed by atoms with Gasteiger partial charge in [0.2, 0.25) is 5.91 Å². The maximum atomic E-state index is 14.0. The third-order valence-corrected chi connectivity index (χ3v) is 3.93. The predicted molar refractivity (Wildman–Crippen MR) is 72.9 cm³/mol. The summed E-state index contributed by atoms with van der Waals surface area (Å²) < 4.78 is 27.0. The molecule has 2 unspecified atom stereocenters. The monoisotopic (exact) mass is 282 g/mol. The van der Waals surface area contributed by atoms with Crippen LogP contribution in [-0.4, -0.2) is 22.9 Å². The van der Waals surface area contributed by atoms with Crippen LogP contribution in [0, 0.1) is 11.6 Å². The SMILES string of the molecule is CCCN1C(=O)C(C)(CC)NC1c1ccc(F)cc1F. The van der Waals surface area contributed by atoms with Crippen molar-refractivity contribution >= 4 is 5.91 Å². The summed E-state index contributed by atoms with van der Waals surface area (Å²) in [5.74, 6) is -1.27.